The monoisotopic (exact) mass is 355 g/mol. The van der Waals surface area contributed by atoms with Crippen molar-refractivity contribution < 1.29 is 14.6 Å². The van der Waals surface area contributed by atoms with Crippen LogP contribution < -0.4 is 19.7 Å². The van der Waals surface area contributed by atoms with E-state index in [0.717, 1.165) is 31.0 Å². The minimum atomic E-state index is 0.00288. The van der Waals surface area contributed by atoms with Gasteiger partial charge >= 0.3 is 0 Å². The van der Waals surface area contributed by atoms with Gasteiger partial charge in [-0.25, -0.2) is 4.99 Å². The number of nitrogens with zero attached hydrogens (tertiary/aromatic N) is 2. The fraction of sp³-hybridized carbons (Fsp3) is 0.350. The van der Waals surface area contributed by atoms with Gasteiger partial charge in [0.2, 0.25) is 5.75 Å². The number of nitrogens with one attached hydrogen (secondary N) is 1. The van der Waals surface area contributed by atoms with Crippen molar-refractivity contribution in [1.82, 2.24) is 5.32 Å². The molecule has 3 rings (SSSR count). The summed E-state index contributed by atoms with van der Waals surface area (Å²) in [5.74, 6) is 1.61. The molecule has 2 aromatic carbocycles. The van der Waals surface area contributed by atoms with Crippen LogP contribution in [0.4, 0.5) is 5.69 Å². The highest BCUT2D eigenvalue weighted by molar-refractivity contribution is 5.97. The average Bonchev–Trinajstić information content (AvgIpc) is 3.10. The number of phenols is 1. The minimum absolute atomic E-state index is 0.00288. The van der Waals surface area contributed by atoms with Crippen LogP contribution in [0.3, 0.4) is 0 Å². The summed E-state index contributed by atoms with van der Waals surface area (Å²) in [7, 11) is 3.04. The van der Waals surface area contributed by atoms with Crippen molar-refractivity contribution >= 4 is 11.6 Å². The maximum absolute atomic E-state index is 10.1. The summed E-state index contributed by atoms with van der Waals surface area (Å²) in [5, 5.41) is 13.4. The number of rotatable bonds is 5. The number of ether oxygens (including phenoxy) is 2. The number of hydrogen-bond donors (Lipinski definition) is 2. The molecule has 6 nitrogen and oxygen atoms in total. The lowest BCUT2D eigenvalue weighted by atomic mass is 10.2. The van der Waals surface area contributed by atoms with Gasteiger partial charge in [-0.1, -0.05) is 18.2 Å². The summed E-state index contributed by atoms with van der Waals surface area (Å²) in [6.07, 6.45) is 1.02. The molecule has 2 aromatic rings. The molecule has 0 spiro atoms. The molecule has 0 saturated heterocycles. The van der Waals surface area contributed by atoms with Gasteiger partial charge in [0.1, 0.15) is 0 Å². The molecule has 1 heterocycles. The van der Waals surface area contributed by atoms with E-state index in [1.807, 2.05) is 0 Å². The predicted molar refractivity (Wildman–Crippen MR) is 104 cm³/mol. The van der Waals surface area contributed by atoms with Crippen LogP contribution in [0.15, 0.2) is 41.4 Å². The van der Waals surface area contributed by atoms with Crippen LogP contribution in [0.2, 0.25) is 0 Å². The quantitative estimate of drug-likeness (QED) is 0.638. The first kappa shape index (κ1) is 17.9. The Kier molecular flexibility index (Phi) is 5.51. The fourth-order valence-corrected chi connectivity index (χ4v) is 3.16. The SMILES string of the molecule is CCNC(=NCc1cc(OC)c(O)c(OC)c1)N1CCc2ccccc21. The molecule has 1 aliphatic heterocycles. The Balaban J connectivity index is 1.87. The van der Waals surface area contributed by atoms with E-state index in [1.165, 1.54) is 25.5 Å². The van der Waals surface area contributed by atoms with Crippen molar-refractivity contribution in [3.05, 3.63) is 47.5 Å². The molecular weight excluding hydrogens is 330 g/mol. The molecule has 6 heteroatoms. The van der Waals surface area contributed by atoms with E-state index in [-0.39, 0.29) is 5.75 Å². The van der Waals surface area contributed by atoms with E-state index in [0.29, 0.717) is 18.0 Å². The molecule has 2 N–H and O–H groups in total. The number of guanidine groups is 1. The molecule has 0 aliphatic carbocycles. The molecule has 0 fully saturated rings. The highest BCUT2D eigenvalue weighted by Gasteiger charge is 2.22. The third-order valence-electron chi connectivity index (χ3n) is 4.43. The first-order valence-electron chi connectivity index (χ1n) is 8.75. The van der Waals surface area contributed by atoms with Crippen molar-refractivity contribution in [3.8, 4) is 17.2 Å². The summed E-state index contributed by atoms with van der Waals surface area (Å²) >= 11 is 0. The van der Waals surface area contributed by atoms with Gasteiger partial charge < -0.3 is 24.8 Å². The summed E-state index contributed by atoms with van der Waals surface area (Å²) in [4.78, 5) is 7.00. The van der Waals surface area contributed by atoms with E-state index in [4.69, 9.17) is 14.5 Å². The molecule has 26 heavy (non-hydrogen) atoms. The van der Waals surface area contributed by atoms with Crippen LogP contribution in [0, 0.1) is 0 Å². The molecule has 0 saturated carbocycles. The van der Waals surface area contributed by atoms with Crippen LogP contribution in [-0.2, 0) is 13.0 Å². The molecule has 0 bridgehead atoms. The third kappa shape index (κ3) is 3.54. The summed E-state index contributed by atoms with van der Waals surface area (Å²) in [6.45, 7) is 4.21. The number of aromatic hydroxyl groups is 1. The summed E-state index contributed by atoms with van der Waals surface area (Å²) in [6, 6.07) is 12.0. The fourth-order valence-electron chi connectivity index (χ4n) is 3.16. The van der Waals surface area contributed by atoms with Gasteiger partial charge in [-0.15, -0.1) is 0 Å². The Hall–Kier alpha value is -2.89. The Bertz CT molecular complexity index is 780. The highest BCUT2D eigenvalue weighted by Crippen LogP contribution is 2.37. The second kappa shape index (κ2) is 7.99. The van der Waals surface area contributed by atoms with E-state index in [1.54, 1.807) is 12.1 Å². The van der Waals surface area contributed by atoms with Crippen LogP contribution in [-0.4, -0.2) is 38.4 Å². The molecule has 0 unspecified atom stereocenters. The van der Waals surface area contributed by atoms with Crippen LogP contribution in [0.5, 0.6) is 17.2 Å². The zero-order valence-electron chi connectivity index (χ0n) is 15.5. The Morgan fingerprint density at radius 1 is 1.19 bits per heavy atom. The van der Waals surface area contributed by atoms with Gasteiger partial charge in [0.25, 0.3) is 0 Å². The van der Waals surface area contributed by atoms with E-state index in [9.17, 15) is 5.11 Å². The van der Waals surface area contributed by atoms with Crippen LogP contribution in [0.25, 0.3) is 0 Å². The average molecular weight is 355 g/mol. The third-order valence-corrected chi connectivity index (χ3v) is 4.43. The first-order valence-corrected chi connectivity index (χ1v) is 8.75. The van der Waals surface area contributed by atoms with Crippen LogP contribution >= 0.6 is 0 Å². The molecule has 138 valence electrons. The number of para-hydroxylation sites is 1. The zero-order valence-corrected chi connectivity index (χ0v) is 15.5. The van der Waals surface area contributed by atoms with E-state index < -0.39 is 0 Å². The molecule has 0 aromatic heterocycles. The highest BCUT2D eigenvalue weighted by atomic mass is 16.5. The maximum Gasteiger partial charge on any atom is 0.200 e. The Morgan fingerprint density at radius 3 is 2.54 bits per heavy atom. The Morgan fingerprint density at radius 2 is 1.88 bits per heavy atom. The second-order valence-electron chi connectivity index (χ2n) is 6.05. The van der Waals surface area contributed by atoms with Gasteiger partial charge in [0.05, 0.1) is 20.8 Å². The number of methoxy groups -OCH3 is 2. The number of hydrogen-bond acceptors (Lipinski definition) is 4. The number of anilines is 1. The summed E-state index contributed by atoms with van der Waals surface area (Å²) < 4.78 is 10.4. The number of aliphatic imine (C=N–C) groups is 1. The topological polar surface area (TPSA) is 66.3 Å². The second-order valence-corrected chi connectivity index (χ2v) is 6.05. The molecule has 0 radical (unpaired) electrons. The standard InChI is InChI=1S/C20H25N3O3/c1-4-21-20(23-10-9-15-7-5-6-8-16(15)23)22-13-14-11-17(25-2)19(24)18(12-14)26-3/h5-8,11-12,24H,4,9-10,13H2,1-3H3,(H,21,22). The lowest BCUT2D eigenvalue weighted by Gasteiger charge is -2.22. The number of benzene rings is 2. The Labute approximate surface area is 154 Å². The van der Waals surface area contributed by atoms with Gasteiger partial charge in [0, 0.05) is 18.8 Å². The molecule has 1 aliphatic rings. The van der Waals surface area contributed by atoms with Gasteiger partial charge in [-0.05, 0) is 42.7 Å². The van der Waals surface area contributed by atoms with Crippen molar-refractivity contribution in [2.45, 2.75) is 19.9 Å². The van der Waals surface area contributed by atoms with Crippen molar-refractivity contribution in [1.29, 1.82) is 0 Å². The molecular formula is C20H25N3O3. The van der Waals surface area contributed by atoms with E-state index in [2.05, 4.69) is 41.4 Å². The molecule has 0 amide bonds. The van der Waals surface area contributed by atoms with Crippen molar-refractivity contribution in [2.24, 2.45) is 4.99 Å². The van der Waals surface area contributed by atoms with Crippen molar-refractivity contribution in [3.63, 3.8) is 0 Å². The number of fused-ring (bicyclic) bond motifs is 1. The van der Waals surface area contributed by atoms with Crippen LogP contribution in [0.1, 0.15) is 18.1 Å². The number of phenolic OH excluding ortho intramolecular Hbond substituents is 1. The molecule has 0 atom stereocenters. The van der Waals surface area contributed by atoms with Crippen molar-refractivity contribution in [2.75, 3.05) is 32.2 Å². The predicted octanol–water partition coefficient (Wildman–Crippen LogP) is 2.94. The normalized spacial score (nSPS) is 13.5. The van der Waals surface area contributed by atoms with Gasteiger partial charge in [-0.2, -0.15) is 0 Å². The largest absolute Gasteiger partial charge is 0.502 e. The van der Waals surface area contributed by atoms with Gasteiger partial charge in [-0.3, -0.25) is 0 Å². The zero-order chi connectivity index (χ0) is 18.5. The lowest BCUT2D eigenvalue weighted by Crippen LogP contribution is -2.40. The minimum Gasteiger partial charge on any atom is -0.502 e. The maximum atomic E-state index is 10.1. The first-order chi connectivity index (χ1) is 12.7. The lowest BCUT2D eigenvalue weighted by molar-refractivity contribution is 0.339. The van der Waals surface area contributed by atoms with Gasteiger partial charge in [0.15, 0.2) is 17.5 Å². The summed E-state index contributed by atoms with van der Waals surface area (Å²) in [5.41, 5.74) is 3.44. The smallest absolute Gasteiger partial charge is 0.200 e. The van der Waals surface area contributed by atoms with E-state index >= 15 is 0 Å².